The van der Waals surface area contributed by atoms with Crippen LogP contribution in [-0.4, -0.2) is 44.9 Å². The van der Waals surface area contributed by atoms with Crippen molar-refractivity contribution in [1.29, 1.82) is 0 Å². The molecular weight excluding hydrogens is 356 g/mol. The molecule has 0 spiro atoms. The summed E-state index contributed by atoms with van der Waals surface area (Å²) in [6.45, 7) is 7.42. The maximum atomic E-state index is 13.2. The monoisotopic (exact) mass is 382 g/mol. The van der Waals surface area contributed by atoms with E-state index in [9.17, 15) is 19.5 Å². The number of benzene rings is 2. The second-order valence-electron chi connectivity index (χ2n) is 7.97. The highest BCUT2D eigenvalue weighted by Crippen LogP contribution is 2.31. The van der Waals surface area contributed by atoms with Crippen molar-refractivity contribution >= 4 is 28.7 Å². The van der Waals surface area contributed by atoms with Crippen molar-refractivity contribution < 1.29 is 19.5 Å². The Kier molecular flexibility index (Phi) is 5.40. The Labute approximate surface area is 164 Å². The zero-order valence-electron chi connectivity index (χ0n) is 16.6. The fourth-order valence-electron chi connectivity index (χ4n) is 4.00. The third kappa shape index (κ3) is 3.35. The molecule has 6 heteroatoms. The third-order valence-corrected chi connectivity index (χ3v) is 5.29. The highest BCUT2D eigenvalue weighted by molar-refractivity contribution is 6.07. The summed E-state index contributed by atoms with van der Waals surface area (Å²) in [6, 6.07) is 11.4. The topological polar surface area (TPSA) is 77.9 Å². The average Bonchev–Trinajstić information content (AvgIpc) is 2.86. The van der Waals surface area contributed by atoms with Gasteiger partial charge in [0.05, 0.1) is 0 Å². The fourth-order valence-corrected chi connectivity index (χ4v) is 4.00. The molecule has 2 aromatic carbocycles. The Morgan fingerprint density at radius 2 is 1.68 bits per heavy atom. The second-order valence-corrected chi connectivity index (χ2v) is 7.97. The number of carboxylic acids is 1. The maximum Gasteiger partial charge on any atom is 0.328 e. The summed E-state index contributed by atoms with van der Waals surface area (Å²) in [7, 11) is 0. The van der Waals surface area contributed by atoms with Crippen LogP contribution in [0.4, 0.5) is 4.79 Å². The molecule has 1 N–H and O–H groups in total. The molecule has 1 saturated heterocycles. The Morgan fingerprint density at radius 1 is 1.04 bits per heavy atom. The number of carboxylic acid groups (broad SMARTS) is 1. The Balaban J connectivity index is 2.02. The van der Waals surface area contributed by atoms with Crippen LogP contribution >= 0.6 is 0 Å². The van der Waals surface area contributed by atoms with Crippen LogP contribution in [0.2, 0.25) is 0 Å². The molecule has 0 aromatic heterocycles. The molecule has 1 aliphatic rings. The molecule has 1 heterocycles. The van der Waals surface area contributed by atoms with E-state index in [1.807, 2.05) is 56.3 Å². The first-order chi connectivity index (χ1) is 13.2. The van der Waals surface area contributed by atoms with Gasteiger partial charge in [-0.25, -0.2) is 14.5 Å². The molecule has 0 saturated carbocycles. The van der Waals surface area contributed by atoms with E-state index in [0.29, 0.717) is 0 Å². The summed E-state index contributed by atoms with van der Waals surface area (Å²) < 4.78 is 0. The van der Waals surface area contributed by atoms with Crippen molar-refractivity contribution in [2.75, 3.05) is 0 Å². The SMILES string of the molecule is CC(C)C1C(=O)N(C(C(=O)O)C(C)C)C(=O)N1Cc1cccc2ccccc12. The normalized spacial score (nSPS) is 18.6. The summed E-state index contributed by atoms with van der Waals surface area (Å²) in [4.78, 5) is 40.5. The smallest absolute Gasteiger partial charge is 0.328 e. The molecule has 2 unspecified atom stereocenters. The number of rotatable bonds is 6. The summed E-state index contributed by atoms with van der Waals surface area (Å²) in [5, 5.41) is 11.7. The van der Waals surface area contributed by atoms with Crippen molar-refractivity contribution in [3.05, 3.63) is 48.0 Å². The molecule has 3 rings (SSSR count). The first kappa shape index (κ1) is 19.9. The minimum atomic E-state index is -1.17. The lowest BCUT2D eigenvalue weighted by atomic mass is 9.99. The van der Waals surface area contributed by atoms with Gasteiger partial charge in [0.1, 0.15) is 12.1 Å². The average molecular weight is 382 g/mol. The molecule has 2 aromatic rings. The van der Waals surface area contributed by atoms with E-state index in [0.717, 1.165) is 21.2 Å². The molecule has 3 amide bonds. The summed E-state index contributed by atoms with van der Waals surface area (Å²) in [6.07, 6.45) is 0. The van der Waals surface area contributed by atoms with E-state index in [1.165, 1.54) is 4.90 Å². The van der Waals surface area contributed by atoms with Gasteiger partial charge in [-0.1, -0.05) is 70.2 Å². The Morgan fingerprint density at radius 3 is 2.29 bits per heavy atom. The van der Waals surface area contributed by atoms with Gasteiger partial charge in [-0.15, -0.1) is 0 Å². The van der Waals surface area contributed by atoms with Crippen LogP contribution in [0.1, 0.15) is 33.3 Å². The van der Waals surface area contributed by atoms with Crippen molar-refractivity contribution in [2.45, 2.75) is 46.3 Å². The predicted octanol–water partition coefficient (Wildman–Crippen LogP) is 3.74. The Bertz CT molecular complexity index is 916. The predicted molar refractivity (Wildman–Crippen MR) is 107 cm³/mol. The van der Waals surface area contributed by atoms with E-state index in [2.05, 4.69) is 0 Å². The molecule has 28 heavy (non-hydrogen) atoms. The van der Waals surface area contributed by atoms with Crippen LogP contribution in [0.25, 0.3) is 10.8 Å². The number of aliphatic carboxylic acids is 1. The van der Waals surface area contributed by atoms with E-state index in [1.54, 1.807) is 13.8 Å². The van der Waals surface area contributed by atoms with Crippen molar-refractivity contribution in [3.8, 4) is 0 Å². The van der Waals surface area contributed by atoms with E-state index < -0.39 is 30.0 Å². The number of hydrogen-bond acceptors (Lipinski definition) is 3. The number of carbonyl (C=O) groups is 3. The lowest BCUT2D eigenvalue weighted by Gasteiger charge is -2.26. The van der Waals surface area contributed by atoms with Crippen LogP contribution in [0.3, 0.4) is 0 Å². The molecule has 1 aliphatic heterocycles. The van der Waals surface area contributed by atoms with Crippen molar-refractivity contribution in [1.82, 2.24) is 9.80 Å². The van der Waals surface area contributed by atoms with Crippen LogP contribution in [0, 0.1) is 11.8 Å². The number of fused-ring (bicyclic) bond motifs is 1. The summed E-state index contributed by atoms with van der Waals surface area (Å²) in [5.41, 5.74) is 0.933. The molecular formula is C22H26N2O4. The number of carbonyl (C=O) groups excluding carboxylic acids is 2. The standard InChI is InChI=1S/C22H26N2O4/c1-13(2)18-20(25)24(19(14(3)4)21(26)27)22(28)23(18)12-16-10-7-9-15-8-5-6-11-17(15)16/h5-11,13-14,18-19H,12H2,1-4H3,(H,26,27). The second kappa shape index (κ2) is 7.62. The van der Waals surface area contributed by atoms with Gasteiger partial charge in [0.25, 0.3) is 5.91 Å². The van der Waals surface area contributed by atoms with Crippen molar-refractivity contribution in [2.24, 2.45) is 11.8 Å². The van der Waals surface area contributed by atoms with Gasteiger partial charge in [-0.2, -0.15) is 0 Å². The largest absolute Gasteiger partial charge is 0.480 e. The van der Waals surface area contributed by atoms with Gasteiger partial charge in [0.2, 0.25) is 0 Å². The minimum absolute atomic E-state index is 0.127. The molecule has 6 nitrogen and oxygen atoms in total. The first-order valence-electron chi connectivity index (χ1n) is 9.57. The number of hydrogen-bond donors (Lipinski definition) is 1. The molecule has 2 atom stereocenters. The van der Waals surface area contributed by atoms with Gasteiger partial charge in [0.15, 0.2) is 0 Å². The van der Waals surface area contributed by atoms with Crippen LogP contribution in [0.5, 0.6) is 0 Å². The van der Waals surface area contributed by atoms with Gasteiger partial charge in [-0.05, 0) is 28.2 Å². The molecule has 1 fully saturated rings. The Hall–Kier alpha value is -2.89. The van der Waals surface area contributed by atoms with E-state index in [4.69, 9.17) is 0 Å². The number of urea groups is 1. The molecule has 148 valence electrons. The van der Waals surface area contributed by atoms with E-state index in [-0.39, 0.29) is 18.4 Å². The minimum Gasteiger partial charge on any atom is -0.480 e. The number of nitrogens with zero attached hydrogens (tertiary/aromatic N) is 2. The number of imide groups is 1. The van der Waals surface area contributed by atoms with Gasteiger partial charge >= 0.3 is 12.0 Å². The van der Waals surface area contributed by atoms with Crippen LogP contribution in [-0.2, 0) is 16.1 Å². The maximum absolute atomic E-state index is 13.2. The zero-order chi connectivity index (χ0) is 20.6. The quantitative estimate of drug-likeness (QED) is 0.772. The number of amides is 3. The van der Waals surface area contributed by atoms with Crippen molar-refractivity contribution in [3.63, 3.8) is 0 Å². The lowest BCUT2D eigenvalue weighted by molar-refractivity contribution is -0.148. The summed E-state index contributed by atoms with van der Waals surface area (Å²) >= 11 is 0. The van der Waals surface area contributed by atoms with Gasteiger partial charge in [-0.3, -0.25) is 4.79 Å². The van der Waals surface area contributed by atoms with Gasteiger partial charge in [0, 0.05) is 6.54 Å². The highest BCUT2D eigenvalue weighted by Gasteiger charge is 2.51. The molecule has 0 aliphatic carbocycles. The third-order valence-electron chi connectivity index (χ3n) is 5.29. The molecule has 0 bridgehead atoms. The zero-order valence-corrected chi connectivity index (χ0v) is 16.6. The summed E-state index contributed by atoms with van der Waals surface area (Å²) in [5.74, 6) is -2.10. The fraction of sp³-hybridized carbons (Fsp3) is 0.409. The van der Waals surface area contributed by atoms with Crippen LogP contribution < -0.4 is 0 Å². The van der Waals surface area contributed by atoms with Crippen LogP contribution in [0.15, 0.2) is 42.5 Å². The first-order valence-corrected chi connectivity index (χ1v) is 9.57. The van der Waals surface area contributed by atoms with Gasteiger partial charge < -0.3 is 10.0 Å². The highest BCUT2D eigenvalue weighted by atomic mass is 16.4. The lowest BCUT2D eigenvalue weighted by Crippen LogP contribution is -2.49. The molecule has 0 radical (unpaired) electrons. The van der Waals surface area contributed by atoms with E-state index >= 15 is 0 Å².